The van der Waals surface area contributed by atoms with Crippen LogP contribution in [0.2, 0.25) is 0 Å². The summed E-state index contributed by atoms with van der Waals surface area (Å²) in [4.78, 5) is 30.2. The summed E-state index contributed by atoms with van der Waals surface area (Å²) in [5, 5.41) is 5.72. The van der Waals surface area contributed by atoms with Crippen LogP contribution >= 0.6 is 0 Å². The molecule has 4 rings (SSSR count). The van der Waals surface area contributed by atoms with Crippen molar-refractivity contribution in [3.8, 4) is 11.5 Å². The van der Waals surface area contributed by atoms with Gasteiger partial charge in [0.15, 0.2) is 11.5 Å². The third kappa shape index (κ3) is 5.11. The summed E-state index contributed by atoms with van der Waals surface area (Å²) >= 11 is 0. The van der Waals surface area contributed by atoms with Crippen LogP contribution in [0.25, 0.3) is 0 Å². The number of carbonyl (C=O) groups is 2. The first-order valence-electron chi connectivity index (χ1n) is 12.0. The van der Waals surface area contributed by atoms with Crippen LogP contribution in [0.3, 0.4) is 0 Å². The van der Waals surface area contributed by atoms with E-state index < -0.39 is 12.0 Å². The van der Waals surface area contributed by atoms with Gasteiger partial charge in [-0.05, 0) is 48.7 Å². The van der Waals surface area contributed by atoms with Crippen molar-refractivity contribution in [3.05, 3.63) is 64.4 Å². The quantitative estimate of drug-likeness (QED) is 0.572. The summed E-state index contributed by atoms with van der Waals surface area (Å²) < 4.78 is 15.9. The predicted molar refractivity (Wildman–Crippen MR) is 138 cm³/mol. The third-order valence-corrected chi connectivity index (χ3v) is 6.97. The van der Waals surface area contributed by atoms with E-state index >= 15 is 0 Å². The Morgan fingerprint density at radius 2 is 1.72 bits per heavy atom. The van der Waals surface area contributed by atoms with Crippen LogP contribution in [0, 0.1) is 13.8 Å². The zero-order chi connectivity index (χ0) is 25.8. The van der Waals surface area contributed by atoms with Gasteiger partial charge in [0.1, 0.15) is 0 Å². The molecule has 0 aliphatic carbocycles. The molecule has 2 aromatic carbocycles. The van der Waals surface area contributed by atoms with Crippen LogP contribution in [0.1, 0.15) is 22.7 Å². The zero-order valence-electron chi connectivity index (χ0n) is 21.5. The highest BCUT2D eigenvalue weighted by Crippen LogP contribution is 2.34. The summed E-state index contributed by atoms with van der Waals surface area (Å²) in [5.74, 6) is 0.578. The van der Waals surface area contributed by atoms with Crippen molar-refractivity contribution in [2.45, 2.75) is 19.9 Å². The second-order valence-corrected chi connectivity index (χ2v) is 9.01. The maximum Gasteiger partial charge on any atom is 0.338 e. The fourth-order valence-electron chi connectivity index (χ4n) is 4.82. The monoisotopic (exact) mass is 494 g/mol. The predicted octanol–water partition coefficient (Wildman–Crippen LogP) is 2.92. The highest BCUT2D eigenvalue weighted by Gasteiger charge is 2.35. The third-order valence-electron chi connectivity index (χ3n) is 6.97. The minimum atomic E-state index is -0.683. The number of nitrogens with one attached hydrogen (secondary N) is 2. The Balaban J connectivity index is 1.58. The number of esters is 1. The molecule has 1 atom stereocenters. The number of methoxy groups -OCH3 is 3. The summed E-state index contributed by atoms with van der Waals surface area (Å²) in [6, 6.07) is 10.7. The van der Waals surface area contributed by atoms with Gasteiger partial charge in [0, 0.05) is 44.1 Å². The molecular formula is C27H34N4O5. The van der Waals surface area contributed by atoms with Gasteiger partial charge in [-0.1, -0.05) is 18.2 Å². The van der Waals surface area contributed by atoms with Gasteiger partial charge >= 0.3 is 12.0 Å². The van der Waals surface area contributed by atoms with Crippen LogP contribution in [-0.4, -0.2) is 71.0 Å². The van der Waals surface area contributed by atoms with Crippen LogP contribution in [0.4, 0.5) is 10.5 Å². The van der Waals surface area contributed by atoms with E-state index in [1.54, 1.807) is 32.4 Å². The van der Waals surface area contributed by atoms with Gasteiger partial charge in [-0.15, -0.1) is 0 Å². The van der Waals surface area contributed by atoms with Crippen molar-refractivity contribution in [2.24, 2.45) is 0 Å². The molecule has 2 aliphatic rings. The minimum absolute atomic E-state index is 0.369. The first kappa shape index (κ1) is 25.4. The van der Waals surface area contributed by atoms with E-state index in [-0.39, 0.29) is 6.03 Å². The second kappa shape index (κ2) is 10.9. The summed E-state index contributed by atoms with van der Waals surface area (Å²) in [5.41, 5.74) is 5.45. The number of anilines is 1. The van der Waals surface area contributed by atoms with Gasteiger partial charge in [-0.3, -0.25) is 4.90 Å². The number of nitrogens with zero attached hydrogens (tertiary/aromatic N) is 2. The zero-order valence-corrected chi connectivity index (χ0v) is 21.5. The molecule has 2 aliphatic heterocycles. The molecule has 2 aromatic rings. The molecule has 192 valence electrons. The molecule has 2 amide bonds. The van der Waals surface area contributed by atoms with Gasteiger partial charge in [0.05, 0.1) is 32.9 Å². The maximum absolute atomic E-state index is 12.9. The molecule has 0 radical (unpaired) electrons. The second-order valence-electron chi connectivity index (χ2n) is 9.01. The van der Waals surface area contributed by atoms with Crippen molar-refractivity contribution in [2.75, 3.05) is 59.0 Å². The molecular weight excluding hydrogens is 460 g/mol. The Bertz CT molecular complexity index is 1170. The van der Waals surface area contributed by atoms with Crippen molar-refractivity contribution in [1.29, 1.82) is 0 Å². The number of amides is 2. The number of piperazine rings is 1. The van der Waals surface area contributed by atoms with Gasteiger partial charge in [-0.2, -0.15) is 0 Å². The average molecular weight is 495 g/mol. The highest BCUT2D eigenvalue weighted by atomic mass is 16.5. The largest absolute Gasteiger partial charge is 0.493 e. The first-order chi connectivity index (χ1) is 17.4. The van der Waals surface area contributed by atoms with Crippen molar-refractivity contribution < 1.29 is 23.8 Å². The van der Waals surface area contributed by atoms with Crippen LogP contribution < -0.4 is 25.0 Å². The Morgan fingerprint density at radius 1 is 1.00 bits per heavy atom. The van der Waals surface area contributed by atoms with Crippen molar-refractivity contribution in [3.63, 3.8) is 0 Å². The van der Waals surface area contributed by atoms with E-state index in [0.717, 1.165) is 26.2 Å². The molecule has 9 heteroatoms. The average Bonchev–Trinajstić information content (AvgIpc) is 2.89. The molecule has 1 fully saturated rings. The fraction of sp³-hybridized carbons (Fsp3) is 0.407. The summed E-state index contributed by atoms with van der Waals surface area (Å²) in [7, 11) is 4.45. The molecule has 1 saturated heterocycles. The van der Waals surface area contributed by atoms with Crippen LogP contribution in [0.5, 0.6) is 11.5 Å². The Morgan fingerprint density at radius 3 is 2.39 bits per heavy atom. The molecule has 0 spiro atoms. The normalized spacial score (nSPS) is 18.4. The Hall–Kier alpha value is -3.72. The maximum atomic E-state index is 12.9. The van der Waals surface area contributed by atoms with Gasteiger partial charge in [0.25, 0.3) is 0 Å². The molecule has 2 heterocycles. The van der Waals surface area contributed by atoms with E-state index in [2.05, 4.69) is 52.5 Å². The number of aryl methyl sites for hydroxylation is 1. The van der Waals surface area contributed by atoms with Gasteiger partial charge < -0.3 is 29.7 Å². The number of ether oxygens (including phenoxy) is 3. The molecule has 0 saturated carbocycles. The Kier molecular flexibility index (Phi) is 7.69. The lowest BCUT2D eigenvalue weighted by atomic mass is 9.94. The number of rotatable bonds is 7. The van der Waals surface area contributed by atoms with E-state index in [1.807, 2.05) is 0 Å². The summed E-state index contributed by atoms with van der Waals surface area (Å²) in [6.07, 6.45) is 0. The molecule has 36 heavy (non-hydrogen) atoms. The molecule has 9 nitrogen and oxygen atoms in total. The van der Waals surface area contributed by atoms with E-state index in [9.17, 15) is 9.59 Å². The number of carbonyl (C=O) groups excluding carboxylic acids is 2. The molecule has 0 aromatic heterocycles. The first-order valence-corrected chi connectivity index (χ1v) is 12.0. The van der Waals surface area contributed by atoms with Gasteiger partial charge in [0.2, 0.25) is 0 Å². The lowest BCUT2D eigenvalue weighted by Gasteiger charge is -2.38. The minimum Gasteiger partial charge on any atom is -0.493 e. The molecule has 2 N–H and O–H groups in total. The number of hydrogen-bond acceptors (Lipinski definition) is 7. The van der Waals surface area contributed by atoms with Crippen molar-refractivity contribution >= 4 is 17.7 Å². The van der Waals surface area contributed by atoms with Crippen molar-refractivity contribution in [1.82, 2.24) is 15.5 Å². The lowest BCUT2D eigenvalue weighted by Crippen LogP contribution is -2.51. The fourth-order valence-corrected chi connectivity index (χ4v) is 4.82. The van der Waals surface area contributed by atoms with Crippen LogP contribution in [0.15, 0.2) is 47.7 Å². The van der Waals surface area contributed by atoms with E-state index in [4.69, 9.17) is 14.2 Å². The lowest BCUT2D eigenvalue weighted by molar-refractivity contribution is -0.136. The molecule has 1 unspecified atom stereocenters. The smallest absolute Gasteiger partial charge is 0.338 e. The van der Waals surface area contributed by atoms with Crippen LogP contribution in [-0.2, 0) is 9.53 Å². The highest BCUT2D eigenvalue weighted by molar-refractivity contribution is 5.95. The number of hydrogen-bond donors (Lipinski definition) is 2. The van der Waals surface area contributed by atoms with Gasteiger partial charge in [-0.25, -0.2) is 9.59 Å². The standard InChI is InChI=1S/C27H34N4O5/c1-17-7-6-8-21(18(17)2)31-13-11-30(12-14-31)16-20-24(26(32)36-5)25(29-27(33)28-20)19-9-10-22(34-3)23(15-19)35-4/h6-10,15,25H,11-14,16H2,1-5H3,(H2,28,29,33). The number of benzene rings is 2. The van der Waals surface area contributed by atoms with E-state index in [1.165, 1.54) is 23.9 Å². The topological polar surface area (TPSA) is 92.4 Å². The Labute approximate surface area is 212 Å². The van der Waals surface area contributed by atoms with E-state index in [0.29, 0.717) is 34.9 Å². The summed E-state index contributed by atoms with van der Waals surface area (Å²) in [6.45, 7) is 8.04. The molecule has 0 bridgehead atoms. The SMILES string of the molecule is COC(=O)C1=C(CN2CCN(c3cccc(C)c3C)CC2)NC(=O)NC1c1ccc(OC)c(OC)c1. The number of urea groups is 1.